The SMILES string of the molecule is CCN(CC(=O)O)CC(=O)Nc1nnc(C2CC2)o1. The maximum atomic E-state index is 11.7. The lowest BCUT2D eigenvalue weighted by Gasteiger charge is -2.16. The molecule has 8 nitrogen and oxygen atoms in total. The average Bonchev–Trinajstić information content (AvgIpc) is 3.09. The van der Waals surface area contributed by atoms with Crippen molar-refractivity contribution in [3.8, 4) is 0 Å². The molecule has 0 bridgehead atoms. The van der Waals surface area contributed by atoms with Crippen molar-refractivity contribution in [3.63, 3.8) is 0 Å². The number of amides is 1. The van der Waals surface area contributed by atoms with Gasteiger partial charge in [-0.3, -0.25) is 19.8 Å². The molecule has 0 radical (unpaired) electrons. The average molecular weight is 268 g/mol. The molecule has 0 saturated heterocycles. The lowest BCUT2D eigenvalue weighted by Crippen LogP contribution is -2.36. The predicted octanol–water partition coefficient (Wildman–Crippen LogP) is 0.292. The fourth-order valence-corrected chi connectivity index (χ4v) is 1.61. The molecule has 1 amide bonds. The first-order valence-corrected chi connectivity index (χ1v) is 6.16. The number of nitrogens with one attached hydrogen (secondary N) is 1. The summed E-state index contributed by atoms with van der Waals surface area (Å²) in [6.45, 7) is 2.05. The normalized spacial score (nSPS) is 14.6. The zero-order valence-electron chi connectivity index (χ0n) is 10.6. The number of carboxylic acid groups (broad SMARTS) is 1. The molecule has 8 heteroatoms. The summed E-state index contributed by atoms with van der Waals surface area (Å²) < 4.78 is 5.29. The molecule has 19 heavy (non-hydrogen) atoms. The van der Waals surface area contributed by atoms with Crippen LogP contribution in [0.5, 0.6) is 0 Å². The number of likely N-dealkylation sites (N-methyl/N-ethyl adjacent to an activating group) is 1. The first-order chi connectivity index (χ1) is 9.08. The van der Waals surface area contributed by atoms with Crippen LogP contribution in [0.1, 0.15) is 31.6 Å². The molecule has 0 aliphatic heterocycles. The van der Waals surface area contributed by atoms with E-state index in [0.29, 0.717) is 18.4 Å². The van der Waals surface area contributed by atoms with Crippen LogP contribution in [0, 0.1) is 0 Å². The van der Waals surface area contributed by atoms with Crippen molar-refractivity contribution < 1.29 is 19.1 Å². The van der Waals surface area contributed by atoms with Crippen LogP contribution in [0.3, 0.4) is 0 Å². The number of aromatic nitrogens is 2. The zero-order valence-corrected chi connectivity index (χ0v) is 10.6. The Morgan fingerprint density at radius 1 is 1.42 bits per heavy atom. The predicted molar refractivity (Wildman–Crippen MR) is 64.7 cm³/mol. The van der Waals surface area contributed by atoms with Gasteiger partial charge in [0.15, 0.2) is 0 Å². The molecule has 1 saturated carbocycles. The van der Waals surface area contributed by atoms with Crippen LogP contribution in [-0.2, 0) is 9.59 Å². The minimum Gasteiger partial charge on any atom is -0.480 e. The molecule has 0 spiro atoms. The van der Waals surface area contributed by atoms with Crippen LogP contribution in [0.4, 0.5) is 6.01 Å². The van der Waals surface area contributed by atoms with Crippen molar-refractivity contribution in [3.05, 3.63) is 5.89 Å². The topological polar surface area (TPSA) is 109 Å². The molecule has 104 valence electrons. The summed E-state index contributed by atoms with van der Waals surface area (Å²) in [5.74, 6) is -0.456. The fourth-order valence-electron chi connectivity index (χ4n) is 1.61. The number of carbonyl (C=O) groups excluding carboxylic acids is 1. The minimum absolute atomic E-state index is 0.0239. The first-order valence-electron chi connectivity index (χ1n) is 6.16. The van der Waals surface area contributed by atoms with Gasteiger partial charge in [-0.2, -0.15) is 0 Å². The van der Waals surface area contributed by atoms with Crippen LogP contribution in [-0.4, -0.2) is 51.7 Å². The smallest absolute Gasteiger partial charge is 0.322 e. The van der Waals surface area contributed by atoms with Gasteiger partial charge in [0.1, 0.15) is 0 Å². The van der Waals surface area contributed by atoms with Gasteiger partial charge in [-0.1, -0.05) is 12.0 Å². The van der Waals surface area contributed by atoms with Crippen LogP contribution in [0.2, 0.25) is 0 Å². The number of rotatable bonds is 7. The van der Waals surface area contributed by atoms with Crippen LogP contribution < -0.4 is 5.32 Å². The van der Waals surface area contributed by atoms with E-state index in [1.165, 1.54) is 4.90 Å². The van der Waals surface area contributed by atoms with Gasteiger partial charge in [0.25, 0.3) is 0 Å². The monoisotopic (exact) mass is 268 g/mol. The molecule has 0 aromatic carbocycles. The van der Waals surface area contributed by atoms with Gasteiger partial charge in [0.05, 0.1) is 13.1 Å². The Hall–Kier alpha value is -1.96. The van der Waals surface area contributed by atoms with E-state index in [1.807, 2.05) is 0 Å². The Balaban J connectivity index is 1.83. The number of carbonyl (C=O) groups is 2. The summed E-state index contributed by atoms with van der Waals surface area (Å²) in [5, 5.41) is 18.7. The molecule has 1 heterocycles. The lowest BCUT2D eigenvalue weighted by atomic mass is 10.4. The Kier molecular flexibility index (Phi) is 4.10. The van der Waals surface area contributed by atoms with E-state index in [1.54, 1.807) is 6.92 Å². The van der Waals surface area contributed by atoms with Crippen molar-refractivity contribution in [2.24, 2.45) is 0 Å². The lowest BCUT2D eigenvalue weighted by molar-refractivity contribution is -0.138. The summed E-state index contributed by atoms with van der Waals surface area (Å²) in [6, 6.07) is 0.0679. The van der Waals surface area contributed by atoms with E-state index in [4.69, 9.17) is 9.52 Å². The van der Waals surface area contributed by atoms with Gasteiger partial charge in [0, 0.05) is 5.92 Å². The maximum Gasteiger partial charge on any atom is 0.322 e. The highest BCUT2D eigenvalue weighted by molar-refractivity contribution is 5.90. The number of anilines is 1. The van der Waals surface area contributed by atoms with Crippen LogP contribution >= 0.6 is 0 Å². The Morgan fingerprint density at radius 2 is 2.16 bits per heavy atom. The van der Waals surface area contributed by atoms with Gasteiger partial charge in [0.2, 0.25) is 11.8 Å². The summed E-state index contributed by atoms with van der Waals surface area (Å²) >= 11 is 0. The Bertz CT molecular complexity index is 469. The molecule has 1 aliphatic rings. The van der Waals surface area contributed by atoms with Crippen molar-refractivity contribution >= 4 is 17.9 Å². The third-order valence-electron chi connectivity index (χ3n) is 2.79. The van der Waals surface area contributed by atoms with Gasteiger partial charge in [-0.15, -0.1) is 5.10 Å². The summed E-state index contributed by atoms with van der Waals surface area (Å²) in [6.07, 6.45) is 2.08. The minimum atomic E-state index is -0.969. The van der Waals surface area contributed by atoms with Crippen LogP contribution in [0.25, 0.3) is 0 Å². The highest BCUT2D eigenvalue weighted by atomic mass is 16.4. The van der Waals surface area contributed by atoms with E-state index in [-0.39, 0.29) is 25.0 Å². The van der Waals surface area contributed by atoms with E-state index in [9.17, 15) is 9.59 Å². The molecule has 0 unspecified atom stereocenters. The highest BCUT2D eigenvalue weighted by Gasteiger charge is 2.29. The van der Waals surface area contributed by atoms with E-state index >= 15 is 0 Å². The third-order valence-corrected chi connectivity index (χ3v) is 2.79. The Labute approximate surface area is 109 Å². The Morgan fingerprint density at radius 3 is 2.74 bits per heavy atom. The number of nitrogens with zero attached hydrogens (tertiary/aromatic N) is 3. The number of aliphatic carboxylic acids is 1. The van der Waals surface area contributed by atoms with Gasteiger partial charge >= 0.3 is 12.0 Å². The molecule has 1 fully saturated rings. The van der Waals surface area contributed by atoms with Crippen molar-refractivity contribution in [1.29, 1.82) is 0 Å². The largest absolute Gasteiger partial charge is 0.480 e. The van der Waals surface area contributed by atoms with E-state index in [0.717, 1.165) is 12.8 Å². The number of carboxylic acids is 1. The fraction of sp³-hybridized carbons (Fsp3) is 0.636. The summed E-state index contributed by atoms with van der Waals surface area (Å²) in [5.41, 5.74) is 0. The summed E-state index contributed by atoms with van der Waals surface area (Å²) in [4.78, 5) is 23.8. The number of hydrogen-bond donors (Lipinski definition) is 2. The van der Waals surface area contributed by atoms with Crippen molar-refractivity contribution in [1.82, 2.24) is 15.1 Å². The van der Waals surface area contributed by atoms with E-state index in [2.05, 4.69) is 15.5 Å². The molecule has 1 aliphatic carbocycles. The molecule has 0 atom stereocenters. The maximum absolute atomic E-state index is 11.7. The quantitative estimate of drug-likeness (QED) is 0.731. The number of hydrogen-bond acceptors (Lipinski definition) is 6. The van der Waals surface area contributed by atoms with Gasteiger partial charge in [-0.05, 0) is 19.4 Å². The molecule has 2 N–H and O–H groups in total. The molecule has 2 rings (SSSR count). The van der Waals surface area contributed by atoms with Crippen LogP contribution in [0.15, 0.2) is 4.42 Å². The second kappa shape index (κ2) is 5.79. The van der Waals surface area contributed by atoms with Crippen molar-refractivity contribution in [2.45, 2.75) is 25.7 Å². The second-order valence-corrected chi connectivity index (χ2v) is 4.46. The van der Waals surface area contributed by atoms with Crippen molar-refractivity contribution in [2.75, 3.05) is 25.0 Å². The standard InChI is InChI=1S/C11H16N4O4/c1-2-15(6-9(17)18)5-8(16)12-11-14-13-10(19-11)7-3-4-7/h7H,2-6H2,1H3,(H,17,18)(H,12,14,16). The zero-order chi connectivity index (χ0) is 13.8. The third kappa shape index (κ3) is 4.02. The first kappa shape index (κ1) is 13.5. The van der Waals surface area contributed by atoms with Gasteiger partial charge in [-0.25, -0.2) is 0 Å². The molecular formula is C11H16N4O4. The van der Waals surface area contributed by atoms with Gasteiger partial charge < -0.3 is 9.52 Å². The molecular weight excluding hydrogens is 252 g/mol. The molecule has 1 aromatic heterocycles. The second-order valence-electron chi connectivity index (χ2n) is 4.46. The molecule has 1 aromatic rings. The highest BCUT2D eigenvalue weighted by Crippen LogP contribution is 2.39. The van der Waals surface area contributed by atoms with E-state index < -0.39 is 5.97 Å². The summed E-state index contributed by atoms with van der Waals surface area (Å²) in [7, 11) is 0.